The molecular formula is C57H98O18. The molecule has 18 heteroatoms. The van der Waals surface area contributed by atoms with Crippen LogP contribution in [0.2, 0.25) is 0 Å². The van der Waals surface area contributed by atoms with Crippen LogP contribution in [-0.2, 0) is 85.8 Å². The summed E-state index contributed by atoms with van der Waals surface area (Å²) in [5.74, 6) is -4.22. The molecule has 0 aromatic rings. The van der Waals surface area contributed by atoms with Gasteiger partial charge in [0.05, 0.1) is 83.6 Å². The molecule has 0 aliphatic carbocycles. The van der Waals surface area contributed by atoms with Gasteiger partial charge in [-0.1, -0.05) is 105 Å². The second kappa shape index (κ2) is 50.1. The van der Waals surface area contributed by atoms with Gasteiger partial charge in [0.25, 0.3) is 0 Å². The third-order valence-electron chi connectivity index (χ3n) is 12.4. The second-order valence-corrected chi connectivity index (χ2v) is 19.3. The monoisotopic (exact) mass is 1070 g/mol. The number of unbranched alkanes of at least 4 members (excludes halogenated alkanes) is 18. The fourth-order valence-electron chi connectivity index (χ4n) is 7.27. The van der Waals surface area contributed by atoms with E-state index < -0.39 is 59.1 Å². The zero-order chi connectivity index (χ0) is 55.5. The molecular weight excluding hydrogens is 973 g/mol. The van der Waals surface area contributed by atoms with Crippen molar-refractivity contribution in [1.29, 1.82) is 0 Å². The van der Waals surface area contributed by atoms with Crippen molar-refractivity contribution in [2.75, 3.05) is 59.5 Å². The lowest BCUT2D eigenvalue weighted by Gasteiger charge is -2.31. The lowest BCUT2D eigenvalue weighted by Crippen LogP contribution is -2.39. The third kappa shape index (κ3) is 46.3. The van der Waals surface area contributed by atoms with Crippen LogP contribution in [0.3, 0.4) is 0 Å². The summed E-state index contributed by atoms with van der Waals surface area (Å²) in [5.41, 5.74) is -1.03. The van der Waals surface area contributed by atoms with E-state index >= 15 is 0 Å². The quantitative estimate of drug-likeness (QED) is 0.0313. The highest BCUT2D eigenvalue weighted by Crippen LogP contribution is 2.26. The first-order valence-electron chi connectivity index (χ1n) is 28.7. The van der Waals surface area contributed by atoms with Crippen LogP contribution in [0.4, 0.5) is 0 Å². The van der Waals surface area contributed by atoms with E-state index in [9.17, 15) is 43.2 Å². The number of ether oxygens (including phenoxy) is 9. The van der Waals surface area contributed by atoms with Gasteiger partial charge in [-0.05, 0) is 83.5 Å². The first-order chi connectivity index (χ1) is 36.3. The van der Waals surface area contributed by atoms with Crippen molar-refractivity contribution in [2.24, 2.45) is 5.41 Å². The number of carbonyl (C=O) groups is 9. The Morgan fingerprint density at radius 2 is 0.413 bits per heavy atom. The Bertz CT molecular complexity index is 1370. The normalized spacial score (nSPS) is 11.0. The fourth-order valence-corrected chi connectivity index (χ4v) is 7.27. The van der Waals surface area contributed by atoms with E-state index in [1.54, 1.807) is 0 Å². The van der Waals surface area contributed by atoms with Crippen LogP contribution >= 0.6 is 0 Å². The van der Waals surface area contributed by atoms with Crippen LogP contribution in [0, 0.1) is 5.41 Å². The Morgan fingerprint density at radius 3 is 0.613 bits per heavy atom. The molecule has 0 fully saturated rings. The predicted molar refractivity (Wildman–Crippen MR) is 281 cm³/mol. The number of esters is 9. The maximum atomic E-state index is 12.9. The zero-order valence-electron chi connectivity index (χ0n) is 46.8. The number of carbonyl (C=O) groups excluding carboxylic acids is 9. The van der Waals surface area contributed by atoms with Crippen LogP contribution in [0.25, 0.3) is 0 Å². The van der Waals surface area contributed by atoms with Crippen LogP contribution in [0.15, 0.2) is 0 Å². The van der Waals surface area contributed by atoms with Gasteiger partial charge in [0.2, 0.25) is 0 Å². The summed E-state index contributed by atoms with van der Waals surface area (Å²) in [6, 6.07) is 0. The Morgan fingerprint density at radius 1 is 0.227 bits per heavy atom. The molecule has 75 heavy (non-hydrogen) atoms. The van der Waals surface area contributed by atoms with Gasteiger partial charge in [-0.3, -0.25) is 43.2 Å². The minimum atomic E-state index is -1.03. The highest BCUT2D eigenvalue weighted by atomic mass is 16.6. The summed E-state index contributed by atoms with van der Waals surface area (Å²) in [7, 11) is 0. The van der Waals surface area contributed by atoms with Crippen molar-refractivity contribution >= 4 is 53.7 Å². The van der Waals surface area contributed by atoms with Gasteiger partial charge in [0.15, 0.2) is 0 Å². The van der Waals surface area contributed by atoms with E-state index in [2.05, 4.69) is 20.8 Å². The predicted octanol–water partition coefficient (Wildman–Crippen LogP) is 11.2. The van der Waals surface area contributed by atoms with Crippen molar-refractivity contribution in [3.05, 3.63) is 0 Å². The van der Waals surface area contributed by atoms with Crippen molar-refractivity contribution in [2.45, 2.75) is 246 Å². The van der Waals surface area contributed by atoms with E-state index in [1.807, 2.05) is 6.92 Å². The highest BCUT2D eigenvalue weighted by molar-refractivity contribution is 5.79. The van der Waals surface area contributed by atoms with Gasteiger partial charge in [0.1, 0.15) is 19.8 Å². The molecule has 0 aromatic carbocycles. The van der Waals surface area contributed by atoms with Crippen molar-refractivity contribution in [1.82, 2.24) is 0 Å². The molecule has 434 valence electrons. The largest absolute Gasteiger partial charge is 0.466 e. The van der Waals surface area contributed by atoms with Crippen LogP contribution in [0.5, 0.6) is 0 Å². The van der Waals surface area contributed by atoms with Crippen LogP contribution in [0.1, 0.15) is 246 Å². The number of hydrogen-bond donors (Lipinski definition) is 0. The fraction of sp³-hybridized carbons (Fsp3) is 0.842. The first-order valence-corrected chi connectivity index (χ1v) is 28.7. The minimum Gasteiger partial charge on any atom is -0.466 e. The standard InChI is InChI=1S/C57H98O18/c1-5-9-12-15-24-39-67-51(61)33-36-54(64)70-42-27-18-21-30-48(58)73-45-57(8-4,46-74-49(59)31-22-19-28-43-71-55(65)37-34-52(62)68-40-25-16-13-10-6-2)47-75-50(60)32-23-20-29-44-72-56(66)38-35-53(63)69-41-26-17-14-11-7-3/h5-47H2,1-4H3. The molecule has 0 amide bonds. The van der Waals surface area contributed by atoms with Gasteiger partial charge in [0, 0.05) is 19.3 Å². The Kier molecular flexibility index (Phi) is 46.9. The Balaban J connectivity index is 4.85. The molecule has 0 saturated heterocycles. The number of hydrogen-bond acceptors (Lipinski definition) is 18. The van der Waals surface area contributed by atoms with Crippen molar-refractivity contribution in [3.8, 4) is 0 Å². The molecule has 0 heterocycles. The summed E-state index contributed by atoms with van der Waals surface area (Å²) in [4.78, 5) is 111. The van der Waals surface area contributed by atoms with Crippen LogP contribution < -0.4 is 0 Å². The second-order valence-electron chi connectivity index (χ2n) is 19.3. The SMILES string of the molecule is CCCCCCCOC(=O)CCC(=O)OCCCCCC(=O)OCC(CC)(COC(=O)CCCCCOC(=O)CCC(=O)OCCCCCCC)COC(=O)CCCCCOC(=O)CCC(=O)OCCCCCCC. The van der Waals surface area contributed by atoms with Crippen molar-refractivity contribution < 1.29 is 85.8 Å². The smallest absolute Gasteiger partial charge is 0.306 e. The molecule has 0 aliphatic rings. The molecule has 0 atom stereocenters. The third-order valence-corrected chi connectivity index (χ3v) is 12.4. The van der Waals surface area contributed by atoms with Crippen LogP contribution in [-0.4, -0.2) is 113 Å². The lowest BCUT2D eigenvalue weighted by molar-refractivity contribution is -0.163. The minimum absolute atomic E-state index is 0.0387. The molecule has 0 N–H and O–H groups in total. The summed E-state index contributed by atoms with van der Waals surface area (Å²) < 4.78 is 48.2. The Hall–Kier alpha value is -4.77. The number of rotatable bonds is 52. The molecule has 0 saturated carbocycles. The van der Waals surface area contributed by atoms with Crippen molar-refractivity contribution in [3.63, 3.8) is 0 Å². The first kappa shape index (κ1) is 70.2. The summed E-state index contributed by atoms with van der Waals surface area (Å²) >= 11 is 0. The molecule has 0 bridgehead atoms. The lowest BCUT2D eigenvalue weighted by atomic mass is 9.88. The van der Waals surface area contributed by atoms with Gasteiger partial charge in [-0.25, -0.2) is 0 Å². The summed E-state index contributed by atoms with van der Waals surface area (Å²) in [6.45, 7) is 9.18. The van der Waals surface area contributed by atoms with E-state index in [4.69, 9.17) is 42.6 Å². The molecule has 0 unspecified atom stereocenters. The summed E-state index contributed by atoms with van der Waals surface area (Å²) in [6.07, 6.45) is 20.5. The van der Waals surface area contributed by atoms with E-state index in [0.717, 1.165) is 96.3 Å². The molecule has 0 rings (SSSR count). The average molecular weight is 1070 g/mol. The molecule has 0 aromatic heterocycles. The zero-order valence-corrected chi connectivity index (χ0v) is 46.8. The average Bonchev–Trinajstić information content (AvgIpc) is 3.40. The van der Waals surface area contributed by atoms with E-state index in [-0.39, 0.29) is 97.4 Å². The molecule has 0 spiro atoms. The topological polar surface area (TPSA) is 237 Å². The highest BCUT2D eigenvalue weighted by Gasteiger charge is 2.34. The van der Waals surface area contributed by atoms with E-state index in [0.29, 0.717) is 84.0 Å². The molecule has 0 radical (unpaired) electrons. The van der Waals surface area contributed by atoms with Gasteiger partial charge in [-0.2, -0.15) is 0 Å². The maximum Gasteiger partial charge on any atom is 0.306 e. The van der Waals surface area contributed by atoms with E-state index in [1.165, 1.54) is 0 Å². The van der Waals surface area contributed by atoms with Gasteiger partial charge in [-0.15, -0.1) is 0 Å². The maximum absolute atomic E-state index is 12.9. The van der Waals surface area contributed by atoms with Gasteiger partial charge >= 0.3 is 53.7 Å². The molecule has 18 nitrogen and oxygen atoms in total. The summed E-state index contributed by atoms with van der Waals surface area (Å²) in [5, 5.41) is 0. The van der Waals surface area contributed by atoms with Gasteiger partial charge < -0.3 is 42.6 Å². The molecule has 0 aliphatic heterocycles. The Labute approximate surface area is 449 Å².